The summed E-state index contributed by atoms with van der Waals surface area (Å²) in [6, 6.07) is 5.11. The number of aromatic nitrogens is 1. The van der Waals surface area contributed by atoms with Crippen molar-refractivity contribution in [3.63, 3.8) is 0 Å². The van der Waals surface area contributed by atoms with Gasteiger partial charge in [-0.2, -0.15) is 0 Å². The number of benzene rings is 1. The van der Waals surface area contributed by atoms with Crippen molar-refractivity contribution < 1.29 is 8.81 Å². The lowest BCUT2D eigenvalue weighted by atomic mass is 9.85. The highest BCUT2D eigenvalue weighted by molar-refractivity contribution is 5.73. The lowest BCUT2D eigenvalue weighted by Gasteiger charge is -2.40. The van der Waals surface area contributed by atoms with E-state index in [2.05, 4.69) is 11.8 Å². The largest absolute Gasteiger partial charge is 0.420 e. The van der Waals surface area contributed by atoms with E-state index in [0.717, 1.165) is 31.8 Å². The predicted molar refractivity (Wildman–Crippen MR) is 91.7 cm³/mol. The number of rotatable bonds is 2. The number of hydrogen-bond acceptors (Lipinski definition) is 3. The normalized spacial score (nSPS) is 26.9. The van der Waals surface area contributed by atoms with Crippen LogP contribution in [-0.4, -0.2) is 28.6 Å². The molecular weight excluding hydrogens is 307 g/mol. The second kappa shape index (κ2) is 6.36. The Balaban J connectivity index is 1.49. The fourth-order valence-corrected chi connectivity index (χ4v) is 4.47. The zero-order valence-electron chi connectivity index (χ0n) is 14.2. The van der Waals surface area contributed by atoms with E-state index in [1.165, 1.54) is 37.8 Å². The molecule has 2 aliphatic rings. The highest BCUT2D eigenvalue weighted by atomic mass is 19.1. The minimum absolute atomic E-state index is 0.110. The van der Waals surface area contributed by atoms with Crippen molar-refractivity contribution in [2.45, 2.75) is 57.5 Å². The van der Waals surface area contributed by atoms with Gasteiger partial charge < -0.3 is 9.32 Å². The zero-order valence-corrected chi connectivity index (χ0v) is 14.2. The molecule has 1 aliphatic carbocycles. The first kappa shape index (κ1) is 15.9. The molecule has 4 rings (SSSR count). The molecule has 2 heterocycles. The summed E-state index contributed by atoms with van der Waals surface area (Å²) in [7, 11) is 0. The minimum atomic E-state index is -0.361. The molecule has 5 heteroatoms. The summed E-state index contributed by atoms with van der Waals surface area (Å²) in [5.74, 6) is 0.177. The Morgan fingerprint density at radius 1 is 1.04 bits per heavy atom. The lowest BCUT2D eigenvalue weighted by molar-refractivity contribution is 0.0980. The van der Waals surface area contributed by atoms with Crippen LogP contribution in [0.4, 0.5) is 4.39 Å². The Bertz CT molecular complexity index is 765. The average molecular weight is 332 g/mol. The molecule has 2 fully saturated rings. The van der Waals surface area contributed by atoms with Crippen LogP contribution >= 0.6 is 0 Å². The van der Waals surface area contributed by atoms with E-state index in [1.807, 2.05) is 0 Å². The van der Waals surface area contributed by atoms with Crippen LogP contribution in [0.5, 0.6) is 0 Å². The van der Waals surface area contributed by atoms with E-state index in [9.17, 15) is 9.18 Å². The molecule has 0 spiro atoms. The number of oxazole rings is 1. The minimum Gasteiger partial charge on any atom is -0.408 e. The van der Waals surface area contributed by atoms with Gasteiger partial charge in [0.1, 0.15) is 5.82 Å². The first-order valence-electron chi connectivity index (χ1n) is 9.16. The van der Waals surface area contributed by atoms with Crippen molar-refractivity contribution in [1.82, 2.24) is 9.47 Å². The van der Waals surface area contributed by atoms with Crippen LogP contribution in [-0.2, 0) is 0 Å². The van der Waals surface area contributed by atoms with Gasteiger partial charge in [-0.25, -0.2) is 9.18 Å². The molecular formula is C19H25FN2O2. The van der Waals surface area contributed by atoms with Gasteiger partial charge >= 0.3 is 5.76 Å². The predicted octanol–water partition coefficient (Wildman–Crippen LogP) is 3.95. The number of piperidine rings is 1. The molecule has 4 nitrogen and oxygen atoms in total. The average Bonchev–Trinajstić information content (AvgIpc) is 2.91. The summed E-state index contributed by atoms with van der Waals surface area (Å²) in [4.78, 5) is 14.8. The molecule has 1 aromatic carbocycles. The molecule has 0 N–H and O–H groups in total. The van der Waals surface area contributed by atoms with E-state index in [1.54, 1.807) is 10.6 Å². The van der Waals surface area contributed by atoms with Crippen LogP contribution < -0.4 is 5.76 Å². The monoisotopic (exact) mass is 332 g/mol. The van der Waals surface area contributed by atoms with Crippen LogP contribution in [0, 0.1) is 11.7 Å². The quantitative estimate of drug-likeness (QED) is 0.836. The van der Waals surface area contributed by atoms with Crippen molar-refractivity contribution in [1.29, 1.82) is 0 Å². The Morgan fingerprint density at radius 2 is 1.75 bits per heavy atom. The maximum absolute atomic E-state index is 13.6. The Labute approximate surface area is 141 Å². The SMILES string of the molecule is C[C@H]1CC[C@H](N2CCC(n3c(=O)oc4ccc(F)cc43)CC2)CC1. The highest BCUT2D eigenvalue weighted by Gasteiger charge is 2.30. The van der Waals surface area contributed by atoms with E-state index in [0.29, 0.717) is 17.1 Å². The van der Waals surface area contributed by atoms with E-state index < -0.39 is 0 Å². The van der Waals surface area contributed by atoms with Crippen LogP contribution in [0.25, 0.3) is 11.1 Å². The topological polar surface area (TPSA) is 38.4 Å². The lowest BCUT2D eigenvalue weighted by Crippen LogP contribution is -2.44. The summed E-state index contributed by atoms with van der Waals surface area (Å²) < 4.78 is 20.5. The van der Waals surface area contributed by atoms with Gasteiger partial charge in [0, 0.05) is 31.2 Å². The summed E-state index contributed by atoms with van der Waals surface area (Å²) in [5, 5.41) is 0. The third kappa shape index (κ3) is 2.90. The molecule has 0 unspecified atom stereocenters. The molecule has 0 amide bonds. The molecule has 1 saturated heterocycles. The molecule has 0 atom stereocenters. The molecule has 24 heavy (non-hydrogen) atoms. The van der Waals surface area contributed by atoms with Gasteiger partial charge in [0.2, 0.25) is 0 Å². The Kier molecular flexibility index (Phi) is 4.21. The first-order chi connectivity index (χ1) is 11.6. The molecule has 1 aliphatic heterocycles. The highest BCUT2D eigenvalue weighted by Crippen LogP contribution is 2.32. The van der Waals surface area contributed by atoms with Crippen molar-refractivity contribution in [3.05, 3.63) is 34.6 Å². The van der Waals surface area contributed by atoms with Gasteiger partial charge in [0.15, 0.2) is 5.58 Å². The number of halogens is 1. The third-order valence-electron chi connectivity index (χ3n) is 5.94. The second-order valence-corrected chi connectivity index (χ2v) is 7.53. The van der Waals surface area contributed by atoms with Gasteiger partial charge in [0.05, 0.1) is 5.52 Å². The van der Waals surface area contributed by atoms with Gasteiger partial charge in [-0.05, 0) is 56.6 Å². The maximum Gasteiger partial charge on any atom is 0.420 e. The molecule has 2 aromatic rings. The van der Waals surface area contributed by atoms with Crippen molar-refractivity contribution >= 4 is 11.1 Å². The molecule has 0 radical (unpaired) electrons. The standard InChI is InChI=1S/C19H25FN2O2/c1-13-2-5-15(6-3-13)21-10-8-16(9-11-21)22-17-12-14(20)4-7-18(17)24-19(22)23/h4,7,12-13,15-16H,2-3,5-6,8-11H2,1H3/t13-,15-. The van der Waals surface area contributed by atoms with Gasteiger partial charge in [-0.15, -0.1) is 0 Å². The first-order valence-corrected chi connectivity index (χ1v) is 9.16. The van der Waals surface area contributed by atoms with Crippen molar-refractivity contribution in [2.75, 3.05) is 13.1 Å². The number of fused-ring (bicyclic) bond motifs is 1. The fourth-order valence-electron chi connectivity index (χ4n) is 4.47. The van der Waals surface area contributed by atoms with Gasteiger partial charge in [-0.1, -0.05) is 6.92 Å². The maximum atomic E-state index is 13.6. The van der Waals surface area contributed by atoms with E-state index in [4.69, 9.17) is 4.42 Å². The van der Waals surface area contributed by atoms with Crippen molar-refractivity contribution in [3.8, 4) is 0 Å². The second-order valence-electron chi connectivity index (χ2n) is 7.53. The molecule has 0 bridgehead atoms. The van der Waals surface area contributed by atoms with Crippen LogP contribution in [0.3, 0.4) is 0 Å². The van der Waals surface area contributed by atoms with E-state index in [-0.39, 0.29) is 17.6 Å². The molecule has 130 valence electrons. The molecule has 1 saturated carbocycles. The van der Waals surface area contributed by atoms with Crippen LogP contribution in [0.15, 0.2) is 27.4 Å². The van der Waals surface area contributed by atoms with E-state index >= 15 is 0 Å². The van der Waals surface area contributed by atoms with Crippen molar-refractivity contribution in [2.24, 2.45) is 5.92 Å². The number of nitrogens with zero attached hydrogens (tertiary/aromatic N) is 2. The summed E-state index contributed by atoms with van der Waals surface area (Å²) in [6.07, 6.45) is 7.11. The summed E-state index contributed by atoms with van der Waals surface area (Å²) >= 11 is 0. The Hall–Kier alpha value is -1.62. The third-order valence-corrected chi connectivity index (χ3v) is 5.94. The van der Waals surface area contributed by atoms with Gasteiger partial charge in [0.25, 0.3) is 0 Å². The fraction of sp³-hybridized carbons (Fsp3) is 0.632. The van der Waals surface area contributed by atoms with Crippen LogP contribution in [0.2, 0.25) is 0 Å². The Morgan fingerprint density at radius 3 is 2.46 bits per heavy atom. The number of likely N-dealkylation sites (tertiary alicyclic amines) is 1. The summed E-state index contributed by atoms with van der Waals surface area (Å²) in [5.41, 5.74) is 1.06. The molecule has 1 aromatic heterocycles. The van der Waals surface area contributed by atoms with Gasteiger partial charge in [-0.3, -0.25) is 4.57 Å². The number of hydrogen-bond donors (Lipinski definition) is 0. The smallest absolute Gasteiger partial charge is 0.408 e. The summed E-state index contributed by atoms with van der Waals surface area (Å²) in [6.45, 7) is 4.37. The zero-order chi connectivity index (χ0) is 16.7. The van der Waals surface area contributed by atoms with Crippen LogP contribution in [0.1, 0.15) is 51.5 Å².